The van der Waals surface area contributed by atoms with Crippen LogP contribution in [0.15, 0.2) is 36.5 Å². The Bertz CT molecular complexity index is 518. The minimum Gasteiger partial charge on any atom is -0.226 e. The van der Waals surface area contributed by atoms with Crippen LogP contribution in [0.3, 0.4) is 0 Å². The summed E-state index contributed by atoms with van der Waals surface area (Å²) in [6.07, 6.45) is 5.72. The van der Waals surface area contributed by atoms with Crippen molar-refractivity contribution in [2.75, 3.05) is 0 Å². The summed E-state index contributed by atoms with van der Waals surface area (Å²) in [6.45, 7) is 0. The normalized spacial score (nSPS) is 15.6. The van der Waals surface area contributed by atoms with E-state index in [0.717, 1.165) is 17.2 Å². The van der Waals surface area contributed by atoms with Crippen molar-refractivity contribution < 1.29 is 0 Å². The molecule has 2 aromatic rings. The highest BCUT2D eigenvalue weighted by molar-refractivity contribution is 6.28. The predicted molar refractivity (Wildman–Crippen MR) is 69.1 cm³/mol. The summed E-state index contributed by atoms with van der Waals surface area (Å²) in [4.78, 5) is 8.09. The van der Waals surface area contributed by atoms with Gasteiger partial charge in [-0.15, -0.1) is 0 Å². The van der Waals surface area contributed by atoms with E-state index in [1.165, 1.54) is 24.8 Å². The molecule has 17 heavy (non-hydrogen) atoms. The Hall–Kier alpha value is -1.41. The summed E-state index contributed by atoms with van der Waals surface area (Å²) in [6, 6.07) is 10.5. The second kappa shape index (κ2) is 4.46. The van der Waals surface area contributed by atoms with E-state index in [0.29, 0.717) is 5.28 Å². The molecule has 1 aliphatic rings. The molecule has 3 heteroatoms. The Labute approximate surface area is 106 Å². The Morgan fingerprint density at radius 2 is 1.82 bits per heavy atom. The average molecular weight is 245 g/mol. The first-order chi connectivity index (χ1) is 8.33. The molecule has 3 rings (SSSR count). The van der Waals surface area contributed by atoms with Crippen LogP contribution in [-0.4, -0.2) is 9.97 Å². The van der Waals surface area contributed by atoms with Crippen molar-refractivity contribution >= 4 is 11.6 Å². The number of aromatic nitrogens is 2. The lowest BCUT2D eigenvalue weighted by atomic mass is 9.80. The van der Waals surface area contributed by atoms with E-state index in [2.05, 4.69) is 34.2 Å². The average Bonchev–Trinajstić information content (AvgIpc) is 2.28. The van der Waals surface area contributed by atoms with Crippen LogP contribution >= 0.6 is 11.6 Å². The molecular weight excluding hydrogens is 232 g/mol. The number of halogens is 1. The van der Waals surface area contributed by atoms with E-state index in [1.807, 2.05) is 6.07 Å². The van der Waals surface area contributed by atoms with Crippen LogP contribution in [0.1, 0.15) is 30.7 Å². The standard InChI is InChI=1S/C14H13ClN2/c15-14-16-9-8-13(17-14)12-6-4-11(5-7-12)10-2-1-3-10/h4-10H,1-3H2. The number of hydrogen-bond donors (Lipinski definition) is 0. The molecule has 0 amide bonds. The van der Waals surface area contributed by atoms with E-state index < -0.39 is 0 Å². The van der Waals surface area contributed by atoms with Gasteiger partial charge in [-0.2, -0.15) is 0 Å². The lowest BCUT2D eigenvalue weighted by molar-refractivity contribution is 0.420. The zero-order chi connectivity index (χ0) is 11.7. The second-order valence-corrected chi connectivity index (χ2v) is 4.80. The van der Waals surface area contributed by atoms with Crippen LogP contribution in [0, 0.1) is 0 Å². The highest BCUT2D eigenvalue weighted by atomic mass is 35.5. The SMILES string of the molecule is Clc1nccc(-c2ccc(C3CCC3)cc2)n1. The van der Waals surface area contributed by atoms with Crippen molar-refractivity contribution in [2.45, 2.75) is 25.2 Å². The molecule has 1 aliphatic carbocycles. The number of nitrogens with zero attached hydrogens (tertiary/aromatic N) is 2. The molecule has 1 heterocycles. The summed E-state index contributed by atoms with van der Waals surface area (Å²) in [5.74, 6) is 0.776. The van der Waals surface area contributed by atoms with Crippen LogP contribution in [0.4, 0.5) is 0 Å². The lowest BCUT2D eigenvalue weighted by Gasteiger charge is -2.25. The van der Waals surface area contributed by atoms with Gasteiger partial charge in [0.25, 0.3) is 0 Å². The highest BCUT2D eigenvalue weighted by Gasteiger charge is 2.18. The van der Waals surface area contributed by atoms with Crippen molar-refractivity contribution in [3.05, 3.63) is 47.4 Å². The molecule has 2 nitrogen and oxygen atoms in total. The quantitative estimate of drug-likeness (QED) is 0.745. The van der Waals surface area contributed by atoms with Gasteiger partial charge >= 0.3 is 0 Å². The molecule has 0 atom stereocenters. The van der Waals surface area contributed by atoms with Crippen molar-refractivity contribution in [3.8, 4) is 11.3 Å². The molecule has 0 saturated heterocycles. The zero-order valence-corrected chi connectivity index (χ0v) is 10.2. The van der Waals surface area contributed by atoms with Crippen molar-refractivity contribution in [2.24, 2.45) is 0 Å². The first kappa shape index (κ1) is 10.7. The van der Waals surface area contributed by atoms with Crippen molar-refractivity contribution in [1.82, 2.24) is 9.97 Å². The Kier molecular flexibility index (Phi) is 2.81. The minimum absolute atomic E-state index is 0.297. The summed E-state index contributed by atoms with van der Waals surface area (Å²) in [7, 11) is 0. The number of rotatable bonds is 2. The van der Waals surface area contributed by atoms with Crippen LogP contribution < -0.4 is 0 Å². The zero-order valence-electron chi connectivity index (χ0n) is 9.44. The number of benzene rings is 1. The third-order valence-electron chi connectivity index (χ3n) is 3.41. The topological polar surface area (TPSA) is 25.8 Å². The fraction of sp³-hybridized carbons (Fsp3) is 0.286. The van der Waals surface area contributed by atoms with E-state index in [-0.39, 0.29) is 0 Å². The maximum atomic E-state index is 5.79. The van der Waals surface area contributed by atoms with Gasteiger partial charge in [0.15, 0.2) is 0 Å². The van der Waals surface area contributed by atoms with Gasteiger partial charge in [-0.05, 0) is 42.0 Å². The van der Waals surface area contributed by atoms with Gasteiger partial charge < -0.3 is 0 Å². The molecular formula is C14H13ClN2. The molecule has 0 spiro atoms. The third-order valence-corrected chi connectivity index (χ3v) is 3.59. The van der Waals surface area contributed by atoms with Gasteiger partial charge in [0, 0.05) is 11.8 Å². The highest BCUT2D eigenvalue weighted by Crippen LogP contribution is 2.36. The molecule has 86 valence electrons. The monoisotopic (exact) mass is 244 g/mol. The van der Waals surface area contributed by atoms with E-state index in [9.17, 15) is 0 Å². The minimum atomic E-state index is 0.297. The first-order valence-electron chi connectivity index (χ1n) is 5.92. The largest absolute Gasteiger partial charge is 0.226 e. The van der Waals surface area contributed by atoms with Crippen molar-refractivity contribution in [3.63, 3.8) is 0 Å². The summed E-state index contributed by atoms with van der Waals surface area (Å²) < 4.78 is 0. The maximum absolute atomic E-state index is 5.79. The molecule has 0 bridgehead atoms. The summed E-state index contributed by atoms with van der Waals surface area (Å²) in [5, 5.41) is 0.297. The molecule has 1 aromatic carbocycles. The van der Waals surface area contributed by atoms with E-state index >= 15 is 0 Å². The molecule has 0 radical (unpaired) electrons. The Morgan fingerprint density at radius 1 is 1.06 bits per heavy atom. The Morgan fingerprint density at radius 3 is 2.41 bits per heavy atom. The van der Waals surface area contributed by atoms with Crippen LogP contribution in [-0.2, 0) is 0 Å². The van der Waals surface area contributed by atoms with Gasteiger partial charge in [-0.25, -0.2) is 9.97 Å². The molecule has 1 saturated carbocycles. The third kappa shape index (κ3) is 2.18. The molecule has 0 unspecified atom stereocenters. The molecule has 1 fully saturated rings. The summed E-state index contributed by atoms with van der Waals surface area (Å²) >= 11 is 5.79. The fourth-order valence-electron chi connectivity index (χ4n) is 2.16. The number of hydrogen-bond acceptors (Lipinski definition) is 2. The molecule has 0 aliphatic heterocycles. The molecule has 1 aromatic heterocycles. The smallest absolute Gasteiger partial charge is 0.222 e. The predicted octanol–water partition coefficient (Wildman–Crippen LogP) is 4.06. The van der Waals surface area contributed by atoms with Crippen LogP contribution in [0.5, 0.6) is 0 Å². The van der Waals surface area contributed by atoms with Gasteiger partial charge in [-0.3, -0.25) is 0 Å². The lowest BCUT2D eigenvalue weighted by Crippen LogP contribution is -2.08. The van der Waals surface area contributed by atoms with Gasteiger partial charge in [0.2, 0.25) is 5.28 Å². The van der Waals surface area contributed by atoms with Crippen LogP contribution in [0.25, 0.3) is 11.3 Å². The van der Waals surface area contributed by atoms with E-state index in [4.69, 9.17) is 11.6 Å². The first-order valence-corrected chi connectivity index (χ1v) is 6.29. The Balaban J connectivity index is 1.88. The van der Waals surface area contributed by atoms with Gasteiger partial charge in [-0.1, -0.05) is 30.7 Å². The maximum Gasteiger partial charge on any atom is 0.222 e. The fourth-order valence-corrected chi connectivity index (χ4v) is 2.31. The van der Waals surface area contributed by atoms with Crippen molar-refractivity contribution in [1.29, 1.82) is 0 Å². The summed E-state index contributed by atoms with van der Waals surface area (Å²) in [5.41, 5.74) is 3.42. The second-order valence-electron chi connectivity index (χ2n) is 4.46. The molecule has 0 N–H and O–H groups in total. The van der Waals surface area contributed by atoms with E-state index in [1.54, 1.807) is 6.20 Å². The van der Waals surface area contributed by atoms with Crippen LogP contribution in [0.2, 0.25) is 5.28 Å². The van der Waals surface area contributed by atoms with Gasteiger partial charge in [0.1, 0.15) is 0 Å². The van der Waals surface area contributed by atoms with Gasteiger partial charge in [0.05, 0.1) is 5.69 Å².